The number of hydrogen-bond acceptors (Lipinski definition) is 3. The number of rotatable bonds is 4. The van der Waals surface area contributed by atoms with Gasteiger partial charge in [0.05, 0.1) is 12.5 Å². The highest BCUT2D eigenvalue weighted by Crippen LogP contribution is 2.33. The lowest BCUT2D eigenvalue weighted by atomic mass is 9.91. The minimum Gasteiger partial charge on any atom is -0.493 e. The molecule has 2 N–H and O–H groups in total. The summed E-state index contributed by atoms with van der Waals surface area (Å²) in [5, 5.41) is 6.50. The molecule has 2 aliphatic rings. The van der Waals surface area contributed by atoms with Gasteiger partial charge in [-0.25, -0.2) is 0 Å². The Morgan fingerprint density at radius 1 is 1.24 bits per heavy atom. The monoisotopic (exact) mass is 288 g/mol. The average Bonchev–Trinajstić information content (AvgIpc) is 2.55. The number of fused-ring (bicyclic) bond motifs is 1. The lowest BCUT2D eigenvalue weighted by molar-refractivity contribution is -0.123. The van der Waals surface area contributed by atoms with E-state index in [1.807, 2.05) is 24.3 Å². The summed E-state index contributed by atoms with van der Waals surface area (Å²) in [6.45, 7) is 3.66. The van der Waals surface area contributed by atoms with Gasteiger partial charge in [-0.3, -0.25) is 4.79 Å². The molecule has 0 spiro atoms. The topological polar surface area (TPSA) is 50.4 Å². The first kappa shape index (κ1) is 14.4. The predicted octanol–water partition coefficient (Wildman–Crippen LogP) is 2.06. The fourth-order valence-corrected chi connectivity index (χ4v) is 3.31. The summed E-state index contributed by atoms with van der Waals surface area (Å²) in [6.07, 6.45) is 4.33. The van der Waals surface area contributed by atoms with Crippen LogP contribution < -0.4 is 15.4 Å². The van der Waals surface area contributed by atoms with Crippen molar-refractivity contribution in [1.29, 1.82) is 0 Å². The third-order valence-corrected chi connectivity index (χ3v) is 4.59. The molecule has 1 amide bonds. The molecule has 0 bridgehead atoms. The van der Waals surface area contributed by atoms with E-state index < -0.39 is 0 Å². The number of carbonyl (C=O) groups is 1. The quantitative estimate of drug-likeness (QED) is 0.891. The first-order valence-electron chi connectivity index (χ1n) is 8.05. The van der Waals surface area contributed by atoms with E-state index in [0.717, 1.165) is 49.7 Å². The Hall–Kier alpha value is -1.55. The van der Waals surface area contributed by atoms with Crippen LogP contribution in [0.1, 0.15) is 37.2 Å². The van der Waals surface area contributed by atoms with E-state index in [4.69, 9.17) is 4.74 Å². The van der Waals surface area contributed by atoms with Crippen LogP contribution in [0.3, 0.4) is 0 Å². The van der Waals surface area contributed by atoms with Gasteiger partial charge in [0, 0.05) is 12.1 Å². The zero-order valence-corrected chi connectivity index (χ0v) is 12.4. The highest BCUT2D eigenvalue weighted by Gasteiger charge is 2.27. The van der Waals surface area contributed by atoms with Crippen molar-refractivity contribution in [1.82, 2.24) is 10.6 Å². The van der Waals surface area contributed by atoms with Crippen LogP contribution in [0.2, 0.25) is 0 Å². The van der Waals surface area contributed by atoms with Crippen LogP contribution in [0.15, 0.2) is 24.3 Å². The molecule has 114 valence electrons. The Morgan fingerprint density at radius 3 is 2.90 bits per heavy atom. The number of para-hydroxylation sites is 1. The van der Waals surface area contributed by atoms with Crippen molar-refractivity contribution in [2.75, 3.05) is 26.2 Å². The van der Waals surface area contributed by atoms with Crippen LogP contribution in [0.5, 0.6) is 5.75 Å². The fourth-order valence-electron chi connectivity index (χ4n) is 3.31. The first-order valence-corrected chi connectivity index (χ1v) is 8.05. The maximum atomic E-state index is 12.4. The Kier molecular flexibility index (Phi) is 4.76. The summed E-state index contributed by atoms with van der Waals surface area (Å²) in [5.74, 6) is 1.72. The van der Waals surface area contributed by atoms with Gasteiger partial charge in [-0.15, -0.1) is 0 Å². The maximum absolute atomic E-state index is 12.4. The molecule has 0 radical (unpaired) electrons. The number of benzene rings is 1. The third-order valence-electron chi connectivity index (χ3n) is 4.59. The van der Waals surface area contributed by atoms with E-state index in [1.165, 1.54) is 12.8 Å². The molecular weight excluding hydrogens is 264 g/mol. The van der Waals surface area contributed by atoms with Gasteiger partial charge in [0.2, 0.25) is 5.91 Å². The summed E-state index contributed by atoms with van der Waals surface area (Å²) in [6, 6.07) is 7.88. The van der Waals surface area contributed by atoms with Crippen molar-refractivity contribution in [2.45, 2.75) is 31.6 Å². The lowest BCUT2D eigenvalue weighted by Crippen LogP contribution is -2.35. The van der Waals surface area contributed by atoms with E-state index in [1.54, 1.807) is 0 Å². The minimum atomic E-state index is -0.0528. The number of piperidine rings is 1. The molecule has 21 heavy (non-hydrogen) atoms. The second kappa shape index (κ2) is 6.94. The number of nitrogens with one attached hydrogen (secondary N) is 2. The highest BCUT2D eigenvalue weighted by molar-refractivity contribution is 5.84. The van der Waals surface area contributed by atoms with Crippen molar-refractivity contribution in [3.63, 3.8) is 0 Å². The SMILES string of the molecule is O=C(NCCC1CCNCC1)C1CCOc2ccccc21. The Morgan fingerprint density at radius 2 is 2.05 bits per heavy atom. The van der Waals surface area contributed by atoms with Gasteiger partial charge in [0.1, 0.15) is 5.75 Å². The van der Waals surface area contributed by atoms with Gasteiger partial charge in [-0.2, -0.15) is 0 Å². The van der Waals surface area contributed by atoms with Gasteiger partial charge in [-0.1, -0.05) is 18.2 Å². The molecule has 1 saturated heterocycles. The minimum absolute atomic E-state index is 0.0528. The van der Waals surface area contributed by atoms with Crippen LogP contribution in [-0.4, -0.2) is 32.1 Å². The smallest absolute Gasteiger partial charge is 0.227 e. The Bertz CT molecular complexity index is 483. The molecule has 3 rings (SSSR count). The summed E-state index contributed by atoms with van der Waals surface area (Å²) >= 11 is 0. The van der Waals surface area contributed by atoms with Crippen LogP contribution in [-0.2, 0) is 4.79 Å². The molecule has 0 aliphatic carbocycles. The van der Waals surface area contributed by atoms with Crippen molar-refractivity contribution in [3.8, 4) is 5.75 Å². The van der Waals surface area contributed by atoms with E-state index in [-0.39, 0.29) is 11.8 Å². The van der Waals surface area contributed by atoms with Gasteiger partial charge >= 0.3 is 0 Å². The molecule has 1 fully saturated rings. The van der Waals surface area contributed by atoms with Crippen LogP contribution >= 0.6 is 0 Å². The Labute approximate surface area is 126 Å². The third kappa shape index (κ3) is 3.56. The first-order chi connectivity index (χ1) is 10.3. The molecule has 2 aliphatic heterocycles. The van der Waals surface area contributed by atoms with Gasteiger partial charge in [0.15, 0.2) is 0 Å². The molecule has 1 aromatic rings. The van der Waals surface area contributed by atoms with E-state index in [0.29, 0.717) is 6.61 Å². The molecule has 2 heterocycles. The summed E-state index contributed by atoms with van der Waals surface area (Å²) < 4.78 is 5.62. The van der Waals surface area contributed by atoms with Crippen LogP contribution in [0, 0.1) is 5.92 Å². The van der Waals surface area contributed by atoms with Crippen molar-refractivity contribution in [3.05, 3.63) is 29.8 Å². The molecular formula is C17H24N2O2. The van der Waals surface area contributed by atoms with Gasteiger partial charge < -0.3 is 15.4 Å². The zero-order valence-electron chi connectivity index (χ0n) is 12.4. The van der Waals surface area contributed by atoms with Crippen LogP contribution in [0.25, 0.3) is 0 Å². The maximum Gasteiger partial charge on any atom is 0.227 e. The number of ether oxygens (including phenoxy) is 1. The number of carbonyl (C=O) groups excluding carboxylic acids is 1. The second-order valence-electron chi connectivity index (χ2n) is 6.00. The highest BCUT2D eigenvalue weighted by atomic mass is 16.5. The van der Waals surface area contributed by atoms with Crippen LogP contribution in [0.4, 0.5) is 0 Å². The van der Waals surface area contributed by atoms with Gasteiger partial charge in [0.25, 0.3) is 0 Å². The second-order valence-corrected chi connectivity index (χ2v) is 6.00. The average molecular weight is 288 g/mol. The van der Waals surface area contributed by atoms with E-state index in [9.17, 15) is 4.79 Å². The molecule has 4 nitrogen and oxygen atoms in total. The predicted molar refractivity (Wildman–Crippen MR) is 82.5 cm³/mol. The number of amides is 1. The molecule has 1 unspecified atom stereocenters. The standard InChI is InChI=1S/C17H24N2O2/c20-17(19-11-7-13-5-9-18-10-6-13)15-8-12-21-16-4-2-1-3-14(15)16/h1-4,13,15,18H,5-12H2,(H,19,20). The molecule has 1 atom stereocenters. The normalized spacial score (nSPS) is 22.2. The Balaban J connectivity index is 1.51. The molecule has 0 aromatic heterocycles. The number of hydrogen-bond donors (Lipinski definition) is 2. The van der Waals surface area contributed by atoms with Crippen molar-refractivity contribution in [2.24, 2.45) is 5.92 Å². The molecule has 0 saturated carbocycles. The van der Waals surface area contributed by atoms with Gasteiger partial charge in [-0.05, 0) is 50.8 Å². The summed E-state index contributed by atoms with van der Waals surface area (Å²) in [4.78, 5) is 12.4. The zero-order chi connectivity index (χ0) is 14.5. The van der Waals surface area contributed by atoms with E-state index in [2.05, 4.69) is 10.6 Å². The molecule has 1 aromatic carbocycles. The lowest BCUT2D eigenvalue weighted by Gasteiger charge is -2.26. The largest absolute Gasteiger partial charge is 0.493 e. The van der Waals surface area contributed by atoms with Crippen molar-refractivity contribution < 1.29 is 9.53 Å². The molecule has 4 heteroatoms. The fraction of sp³-hybridized carbons (Fsp3) is 0.588. The summed E-state index contributed by atoms with van der Waals surface area (Å²) in [7, 11) is 0. The van der Waals surface area contributed by atoms with E-state index >= 15 is 0 Å². The van der Waals surface area contributed by atoms with Crippen molar-refractivity contribution >= 4 is 5.91 Å². The summed E-state index contributed by atoms with van der Waals surface area (Å²) in [5.41, 5.74) is 1.03.